The standard InChI is InChI=1S/C17H18N4OS/c1-11-9-13(10-15-16(22)20(4)17(18-3)23-15)12(2)21(11)14-5-7-19-8-6-14/h5-10H,1-4H3/b15-10-,18-17?. The van der Waals surface area contributed by atoms with E-state index in [1.807, 2.05) is 18.2 Å². The number of thioether (sulfide) groups is 1. The highest BCUT2D eigenvalue weighted by Gasteiger charge is 2.30. The van der Waals surface area contributed by atoms with Gasteiger partial charge in [-0.1, -0.05) is 0 Å². The molecule has 1 aliphatic rings. The number of hydrogen-bond acceptors (Lipinski definition) is 4. The predicted octanol–water partition coefficient (Wildman–Crippen LogP) is 3.02. The summed E-state index contributed by atoms with van der Waals surface area (Å²) in [5.41, 5.74) is 4.33. The molecule has 3 heterocycles. The van der Waals surface area contributed by atoms with Crippen molar-refractivity contribution in [2.75, 3.05) is 14.1 Å². The van der Waals surface area contributed by atoms with Gasteiger partial charge in [-0.25, -0.2) is 0 Å². The lowest BCUT2D eigenvalue weighted by atomic mass is 10.2. The molecule has 2 aromatic heterocycles. The summed E-state index contributed by atoms with van der Waals surface area (Å²) in [6, 6.07) is 6.04. The number of aryl methyl sites for hydroxylation is 1. The first-order valence-electron chi connectivity index (χ1n) is 7.26. The van der Waals surface area contributed by atoms with Crippen molar-refractivity contribution in [3.8, 4) is 5.69 Å². The maximum Gasteiger partial charge on any atom is 0.266 e. The average Bonchev–Trinajstić information content (AvgIpc) is 2.99. The molecule has 3 rings (SSSR count). The Balaban J connectivity index is 2.03. The zero-order valence-electron chi connectivity index (χ0n) is 13.6. The van der Waals surface area contributed by atoms with E-state index in [4.69, 9.17) is 0 Å². The molecule has 0 atom stereocenters. The van der Waals surface area contributed by atoms with E-state index in [-0.39, 0.29) is 5.91 Å². The third kappa shape index (κ3) is 2.70. The van der Waals surface area contributed by atoms with Gasteiger partial charge in [-0.2, -0.15) is 0 Å². The van der Waals surface area contributed by atoms with E-state index in [1.165, 1.54) is 11.8 Å². The topological polar surface area (TPSA) is 50.5 Å². The minimum Gasteiger partial charge on any atom is -0.318 e. The van der Waals surface area contributed by atoms with E-state index in [0.717, 1.165) is 27.8 Å². The lowest BCUT2D eigenvalue weighted by molar-refractivity contribution is -0.121. The number of carbonyl (C=O) groups excluding carboxylic acids is 1. The van der Waals surface area contributed by atoms with E-state index in [9.17, 15) is 4.79 Å². The van der Waals surface area contributed by atoms with Crippen molar-refractivity contribution < 1.29 is 4.79 Å². The maximum absolute atomic E-state index is 12.3. The highest BCUT2D eigenvalue weighted by Crippen LogP contribution is 2.32. The van der Waals surface area contributed by atoms with Crippen LogP contribution in [0.3, 0.4) is 0 Å². The normalized spacial score (nSPS) is 18.4. The first kappa shape index (κ1) is 15.6. The first-order valence-corrected chi connectivity index (χ1v) is 8.08. The van der Waals surface area contributed by atoms with Gasteiger partial charge in [0.2, 0.25) is 0 Å². The van der Waals surface area contributed by atoms with Crippen LogP contribution >= 0.6 is 11.8 Å². The summed E-state index contributed by atoms with van der Waals surface area (Å²) in [7, 11) is 3.45. The molecule has 6 heteroatoms. The number of aliphatic imine (C=N–C) groups is 1. The summed E-state index contributed by atoms with van der Waals surface area (Å²) in [5.74, 6) is -0.00989. The van der Waals surface area contributed by atoms with Crippen molar-refractivity contribution in [2.24, 2.45) is 4.99 Å². The molecule has 1 saturated heterocycles. The molecule has 0 spiro atoms. The first-order chi connectivity index (χ1) is 11.0. The lowest BCUT2D eigenvalue weighted by Gasteiger charge is -2.08. The summed E-state index contributed by atoms with van der Waals surface area (Å²) in [6.07, 6.45) is 5.50. The Morgan fingerprint density at radius 3 is 2.57 bits per heavy atom. The highest BCUT2D eigenvalue weighted by atomic mass is 32.2. The summed E-state index contributed by atoms with van der Waals surface area (Å²) in [6.45, 7) is 4.12. The Bertz CT molecular complexity index is 821. The average molecular weight is 326 g/mol. The van der Waals surface area contributed by atoms with Crippen LogP contribution in [0.5, 0.6) is 0 Å². The molecule has 118 valence electrons. The van der Waals surface area contributed by atoms with E-state index in [0.29, 0.717) is 4.91 Å². The number of hydrogen-bond donors (Lipinski definition) is 0. The molecular weight excluding hydrogens is 308 g/mol. The monoisotopic (exact) mass is 326 g/mol. The van der Waals surface area contributed by atoms with E-state index < -0.39 is 0 Å². The molecule has 2 aromatic rings. The summed E-state index contributed by atoms with van der Waals surface area (Å²) >= 11 is 1.41. The third-order valence-electron chi connectivity index (χ3n) is 3.87. The molecule has 1 aliphatic heterocycles. The van der Waals surface area contributed by atoms with E-state index in [2.05, 4.69) is 34.5 Å². The summed E-state index contributed by atoms with van der Waals surface area (Å²) in [5, 5.41) is 0.726. The molecule has 0 N–H and O–H groups in total. The van der Waals surface area contributed by atoms with Crippen LogP contribution in [0.25, 0.3) is 11.8 Å². The highest BCUT2D eigenvalue weighted by molar-refractivity contribution is 8.18. The summed E-state index contributed by atoms with van der Waals surface area (Å²) in [4.78, 5) is 22.8. The molecule has 23 heavy (non-hydrogen) atoms. The van der Waals surface area contributed by atoms with E-state index >= 15 is 0 Å². The van der Waals surface area contributed by atoms with Gasteiger partial charge in [0, 0.05) is 43.6 Å². The van der Waals surface area contributed by atoms with Crippen molar-refractivity contribution in [2.45, 2.75) is 13.8 Å². The van der Waals surface area contributed by atoms with Gasteiger partial charge < -0.3 is 4.57 Å². The van der Waals surface area contributed by atoms with E-state index in [1.54, 1.807) is 31.4 Å². The largest absolute Gasteiger partial charge is 0.318 e. The minimum atomic E-state index is -0.00989. The van der Waals surface area contributed by atoms with Gasteiger partial charge in [0.05, 0.1) is 4.91 Å². The third-order valence-corrected chi connectivity index (χ3v) is 5.02. The molecule has 0 bridgehead atoms. The van der Waals surface area contributed by atoms with Crippen LogP contribution < -0.4 is 0 Å². The van der Waals surface area contributed by atoms with Crippen LogP contribution in [0.1, 0.15) is 17.0 Å². The summed E-state index contributed by atoms with van der Waals surface area (Å²) < 4.78 is 2.16. The Morgan fingerprint density at radius 1 is 1.26 bits per heavy atom. The lowest BCUT2D eigenvalue weighted by Crippen LogP contribution is -2.23. The zero-order chi connectivity index (χ0) is 16.6. The van der Waals surface area contributed by atoms with Crippen molar-refractivity contribution >= 4 is 28.9 Å². The Labute approximate surface area is 139 Å². The maximum atomic E-state index is 12.3. The van der Waals surface area contributed by atoms with Crippen LogP contribution in [0, 0.1) is 13.8 Å². The van der Waals surface area contributed by atoms with Crippen LogP contribution in [-0.2, 0) is 4.79 Å². The van der Waals surface area contributed by atoms with Gasteiger partial charge in [0.25, 0.3) is 5.91 Å². The number of carbonyl (C=O) groups is 1. The fraction of sp³-hybridized carbons (Fsp3) is 0.235. The molecule has 0 aliphatic carbocycles. The van der Waals surface area contributed by atoms with Gasteiger partial charge in [0.1, 0.15) is 0 Å². The number of amidine groups is 1. The predicted molar refractivity (Wildman–Crippen MR) is 94.7 cm³/mol. The smallest absolute Gasteiger partial charge is 0.266 e. The van der Waals surface area contributed by atoms with Crippen LogP contribution in [0.15, 0.2) is 40.5 Å². The molecule has 1 amide bonds. The van der Waals surface area contributed by atoms with Gasteiger partial charge >= 0.3 is 0 Å². The molecule has 0 aromatic carbocycles. The second kappa shape index (κ2) is 6.04. The van der Waals surface area contributed by atoms with Crippen molar-refractivity contribution in [1.82, 2.24) is 14.5 Å². The Hall–Kier alpha value is -2.34. The number of rotatable bonds is 2. The second-order valence-corrected chi connectivity index (χ2v) is 6.36. The zero-order valence-corrected chi connectivity index (χ0v) is 14.4. The van der Waals surface area contributed by atoms with Crippen LogP contribution in [0.4, 0.5) is 0 Å². The Morgan fingerprint density at radius 2 is 1.96 bits per heavy atom. The van der Waals surface area contributed by atoms with Gasteiger partial charge in [-0.3, -0.25) is 19.7 Å². The van der Waals surface area contributed by atoms with Gasteiger partial charge in [-0.05, 0) is 55.4 Å². The molecule has 0 saturated carbocycles. The minimum absolute atomic E-state index is 0.00989. The quantitative estimate of drug-likeness (QED) is 0.797. The second-order valence-electron chi connectivity index (χ2n) is 5.35. The van der Waals surface area contributed by atoms with Gasteiger partial charge in [0.15, 0.2) is 5.17 Å². The number of likely N-dealkylation sites (N-methyl/N-ethyl adjacent to an activating group) is 1. The number of nitrogens with zero attached hydrogens (tertiary/aromatic N) is 4. The van der Waals surface area contributed by atoms with Gasteiger partial charge in [-0.15, -0.1) is 0 Å². The van der Waals surface area contributed by atoms with Crippen LogP contribution in [0.2, 0.25) is 0 Å². The fourth-order valence-corrected chi connectivity index (χ4v) is 3.63. The number of amides is 1. The fourth-order valence-electron chi connectivity index (χ4n) is 2.71. The van der Waals surface area contributed by atoms with Crippen molar-refractivity contribution in [3.63, 3.8) is 0 Å². The molecule has 0 unspecified atom stereocenters. The molecule has 0 radical (unpaired) electrons. The molecule has 1 fully saturated rings. The Kier molecular flexibility index (Phi) is 4.09. The van der Waals surface area contributed by atoms with Crippen molar-refractivity contribution in [3.05, 3.63) is 52.4 Å². The number of pyridine rings is 1. The SMILES string of the molecule is CN=C1S/C(=C\c2cc(C)n(-c3ccncc3)c2C)C(=O)N1C. The number of aromatic nitrogens is 2. The van der Waals surface area contributed by atoms with Crippen molar-refractivity contribution in [1.29, 1.82) is 0 Å². The molecular formula is C17H18N4OS. The van der Waals surface area contributed by atoms with Crippen LogP contribution in [-0.4, -0.2) is 39.6 Å². The molecule has 5 nitrogen and oxygen atoms in total.